The number of aryl methyl sites for hydroxylation is 2. The Kier molecular flexibility index (Phi) is 6.89. The van der Waals surface area contributed by atoms with E-state index in [0.717, 1.165) is 54.2 Å². The number of ether oxygens (including phenoxy) is 2. The summed E-state index contributed by atoms with van der Waals surface area (Å²) >= 11 is 0. The first-order valence-corrected chi connectivity index (χ1v) is 9.63. The third-order valence-corrected chi connectivity index (χ3v) is 4.54. The summed E-state index contributed by atoms with van der Waals surface area (Å²) in [5.41, 5.74) is 2.14. The number of imidazole rings is 1. The van der Waals surface area contributed by atoms with Gasteiger partial charge in [0.1, 0.15) is 5.82 Å². The van der Waals surface area contributed by atoms with Crippen LogP contribution in [0.3, 0.4) is 0 Å². The number of benzene rings is 2. The lowest BCUT2D eigenvalue weighted by Crippen LogP contribution is -2.21. The van der Waals surface area contributed by atoms with Crippen LogP contribution >= 0.6 is 0 Å². The van der Waals surface area contributed by atoms with Crippen LogP contribution in [0.5, 0.6) is 11.5 Å². The fraction of sp³-hybridized carbons (Fsp3) is 0.364. The lowest BCUT2D eigenvalue weighted by molar-refractivity contribution is -0.118. The van der Waals surface area contributed by atoms with Crippen LogP contribution in [0.25, 0.3) is 11.0 Å². The Bertz CT molecular complexity index is 920. The third kappa shape index (κ3) is 5.03. The van der Waals surface area contributed by atoms with E-state index in [2.05, 4.69) is 16.0 Å². The average molecular weight is 381 g/mol. The van der Waals surface area contributed by atoms with Crippen molar-refractivity contribution < 1.29 is 14.3 Å². The standard InChI is InChI=1S/C22H27N3O3/c1-17(26)23-14-7-13-22-24-18-9-3-4-10-19(18)25(22)15-8-16-28-21-12-6-5-11-20(21)27-2/h3-6,9-12H,7-8,13-16H2,1-2H3,(H,23,26). The van der Waals surface area contributed by atoms with Gasteiger partial charge in [0.15, 0.2) is 11.5 Å². The highest BCUT2D eigenvalue weighted by Crippen LogP contribution is 2.26. The molecule has 0 saturated carbocycles. The van der Waals surface area contributed by atoms with Crippen molar-refractivity contribution in [3.63, 3.8) is 0 Å². The van der Waals surface area contributed by atoms with Gasteiger partial charge in [0.05, 0.1) is 24.8 Å². The van der Waals surface area contributed by atoms with Gasteiger partial charge in [-0.15, -0.1) is 0 Å². The van der Waals surface area contributed by atoms with Crippen LogP contribution in [0.4, 0.5) is 0 Å². The van der Waals surface area contributed by atoms with Crippen LogP contribution in [0.1, 0.15) is 25.6 Å². The van der Waals surface area contributed by atoms with Gasteiger partial charge in [0, 0.05) is 26.4 Å². The van der Waals surface area contributed by atoms with E-state index in [9.17, 15) is 4.79 Å². The molecule has 3 aromatic rings. The molecule has 2 aromatic carbocycles. The van der Waals surface area contributed by atoms with E-state index < -0.39 is 0 Å². The van der Waals surface area contributed by atoms with Crippen LogP contribution in [0, 0.1) is 0 Å². The van der Waals surface area contributed by atoms with Crippen molar-refractivity contribution >= 4 is 16.9 Å². The molecule has 1 aromatic heterocycles. The smallest absolute Gasteiger partial charge is 0.216 e. The molecule has 1 N–H and O–H groups in total. The van der Waals surface area contributed by atoms with Gasteiger partial charge in [-0.3, -0.25) is 4.79 Å². The maximum atomic E-state index is 11.0. The molecule has 28 heavy (non-hydrogen) atoms. The molecule has 0 aliphatic heterocycles. The minimum absolute atomic E-state index is 0.00184. The number of rotatable bonds is 10. The Hall–Kier alpha value is -3.02. The van der Waals surface area contributed by atoms with Crippen LogP contribution in [0.2, 0.25) is 0 Å². The number of hydrogen-bond acceptors (Lipinski definition) is 4. The van der Waals surface area contributed by atoms with E-state index in [1.807, 2.05) is 42.5 Å². The first-order valence-electron chi connectivity index (χ1n) is 9.63. The summed E-state index contributed by atoms with van der Waals surface area (Å²) < 4.78 is 13.5. The minimum Gasteiger partial charge on any atom is -0.493 e. The van der Waals surface area contributed by atoms with Crippen LogP contribution < -0.4 is 14.8 Å². The normalized spacial score (nSPS) is 10.8. The molecular weight excluding hydrogens is 354 g/mol. The predicted molar refractivity (Wildman–Crippen MR) is 110 cm³/mol. The first-order chi connectivity index (χ1) is 13.7. The highest BCUT2D eigenvalue weighted by atomic mass is 16.5. The zero-order valence-electron chi connectivity index (χ0n) is 16.5. The Balaban J connectivity index is 1.62. The highest BCUT2D eigenvalue weighted by molar-refractivity contribution is 5.76. The second kappa shape index (κ2) is 9.78. The lowest BCUT2D eigenvalue weighted by Gasteiger charge is -2.12. The number of hydrogen-bond donors (Lipinski definition) is 1. The summed E-state index contributed by atoms with van der Waals surface area (Å²) in [5, 5.41) is 2.84. The molecule has 6 heteroatoms. The SMILES string of the molecule is COc1ccccc1OCCCn1c(CCCNC(C)=O)nc2ccccc21. The molecule has 3 rings (SSSR count). The van der Waals surface area contributed by atoms with Crippen molar-refractivity contribution in [2.45, 2.75) is 32.7 Å². The summed E-state index contributed by atoms with van der Waals surface area (Å²) in [7, 11) is 1.65. The van der Waals surface area contributed by atoms with Gasteiger partial charge in [-0.05, 0) is 37.1 Å². The van der Waals surface area contributed by atoms with Crippen LogP contribution in [-0.2, 0) is 17.8 Å². The van der Waals surface area contributed by atoms with E-state index >= 15 is 0 Å². The summed E-state index contributed by atoms with van der Waals surface area (Å²) in [6.07, 6.45) is 2.54. The molecule has 0 unspecified atom stereocenters. The van der Waals surface area contributed by atoms with Crippen molar-refractivity contribution in [2.75, 3.05) is 20.3 Å². The van der Waals surface area contributed by atoms with Crippen molar-refractivity contribution in [1.82, 2.24) is 14.9 Å². The number of nitrogens with one attached hydrogen (secondary N) is 1. The lowest BCUT2D eigenvalue weighted by atomic mass is 10.2. The molecule has 0 fully saturated rings. The molecule has 6 nitrogen and oxygen atoms in total. The highest BCUT2D eigenvalue weighted by Gasteiger charge is 2.10. The molecule has 148 valence electrons. The van der Waals surface area contributed by atoms with Gasteiger partial charge >= 0.3 is 0 Å². The predicted octanol–water partition coefficient (Wildman–Crippen LogP) is 3.58. The van der Waals surface area contributed by atoms with Crippen molar-refractivity contribution in [3.05, 3.63) is 54.4 Å². The van der Waals surface area contributed by atoms with Crippen molar-refractivity contribution in [1.29, 1.82) is 0 Å². The maximum Gasteiger partial charge on any atom is 0.216 e. The molecule has 0 spiro atoms. The Morgan fingerprint density at radius 2 is 1.82 bits per heavy atom. The number of fused-ring (bicyclic) bond motifs is 1. The zero-order chi connectivity index (χ0) is 19.8. The van der Waals surface area contributed by atoms with Crippen LogP contribution in [0.15, 0.2) is 48.5 Å². The average Bonchev–Trinajstić information content (AvgIpc) is 3.06. The molecule has 0 atom stereocenters. The topological polar surface area (TPSA) is 65.4 Å². The van der Waals surface area contributed by atoms with Gasteiger partial charge in [0.25, 0.3) is 0 Å². The van der Waals surface area contributed by atoms with E-state index in [-0.39, 0.29) is 5.91 Å². The molecule has 0 aliphatic carbocycles. The molecule has 1 heterocycles. The zero-order valence-corrected chi connectivity index (χ0v) is 16.5. The number of carbonyl (C=O) groups excluding carboxylic acids is 1. The summed E-state index contributed by atoms with van der Waals surface area (Å²) in [5.74, 6) is 2.55. The van der Waals surface area contributed by atoms with E-state index in [0.29, 0.717) is 13.2 Å². The number of nitrogens with zero attached hydrogens (tertiary/aromatic N) is 2. The van der Waals surface area contributed by atoms with Crippen LogP contribution in [-0.4, -0.2) is 35.7 Å². The summed E-state index contributed by atoms with van der Waals surface area (Å²) in [6.45, 7) is 3.62. The second-order valence-corrected chi connectivity index (χ2v) is 6.61. The quantitative estimate of drug-likeness (QED) is 0.545. The fourth-order valence-corrected chi connectivity index (χ4v) is 3.22. The largest absolute Gasteiger partial charge is 0.493 e. The minimum atomic E-state index is 0.00184. The van der Waals surface area contributed by atoms with E-state index in [1.165, 1.54) is 6.92 Å². The number of carbonyl (C=O) groups is 1. The van der Waals surface area contributed by atoms with Gasteiger partial charge in [0.2, 0.25) is 5.91 Å². The monoisotopic (exact) mass is 381 g/mol. The number of aromatic nitrogens is 2. The van der Waals surface area contributed by atoms with Gasteiger partial charge < -0.3 is 19.4 Å². The van der Waals surface area contributed by atoms with Crippen molar-refractivity contribution in [2.24, 2.45) is 0 Å². The molecule has 0 bridgehead atoms. The number of methoxy groups -OCH3 is 1. The summed E-state index contributed by atoms with van der Waals surface area (Å²) in [6, 6.07) is 15.9. The Labute approximate surface area is 165 Å². The molecule has 1 amide bonds. The molecule has 0 radical (unpaired) electrons. The molecule has 0 saturated heterocycles. The number of amides is 1. The van der Waals surface area contributed by atoms with Gasteiger partial charge in [-0.1, -0.05) is 24.3 Å². The van der Waals surface area contributed by atoms with Crippen molar-refractivity contribution in [3.8, 4) is 11.5 Å². The maximum absolute atomic E-state index is 11.0. The van der Waals surface area contributed by atoms with Gasteiger partial charge in [-0.25, -0.2) is 4.98 Å². The second-order valence-electron chi connectivity index (χ2n) is 6.61. The fourth-order valence-electron chi connectivity index (χ4n) is 3.22. The third-order valence-electron chi connectivity index (χ3n) is 4.54. The summed E-state index contributed by atoms with van der Waals surface area (Å²) in [4.78, 5) is 15.8. The Morgan fingerprint density at radius 3 is 2.61 bits per heavy atom. The van der Waals surface area contributed by atoms with Gasteiger partial charge in [-0.2, -0.15) is 0 Å². The van der Waals surface area contributed by atoms with E-state index in [4.69, 9.17) is 14.5 Å². The molecular formula is C22H27N3O3. The number of para-hydroxylation sites is 4. The Morgan fingerprint density at radius 1 is 1.07 bits per heavy atom. The molecule has 0 aliphatic rings. The van der Waals surface area contributed by atoms with E-state index in [1.54, 1.807) is 7.11 Å². The first kappa shape index (κ1) is 19.7.